The number of piperidine rings is 1. The van der Waals surface area contributed by atoms with Crippen LogP contribution in [0.1, 0.15) is 30.1 Å². The summed E-state index contributed by atoms with van der Waals surface area (Å²) in [4.78, 5) is 10.4. The fourth-order valence-electron chi connectivity index (χ4n) is 2.96. The van der Waals surface area contributed by atoms with Crippen molar-refractivity contribution in [1.82, 2.24) is 9.97 Å². The molecule has 2 aromatic rings. The number of nitrogens with zero attached hydrogens (tertiary/aromatic N) is 4. The van der Waals surface area contributed by atoms with Crippen LogP contribution >= 0.6 is 0 Å². The minimum absolute atomic E-state index is 0.243. The van der Waals surface area contributed by atoms with E-state index < -0.39 is 6.10 Å². The van der Waals surface area contributed by atoms with E-state index in [4.69, 9.17) is 5.26 Å². The minimum Gasteiger partial charge on any atom is -0.388 e. The molecular weight excluding hydrogens is 276 g/mol. The summed E-state index contributed by atoms with van der Waals surface area (Å²) in [6.07, 6.45) is 8.17. The van der Waals surface area contributed by atoms with E-state index in [1.807, 2.05) is 18.2 Å². The molecule has 5 heteroatoms. The second-order valence-corrected chi connectivity index (χ2v) is 5.60. The average molecular weight is 294 g/mol. The number of aliphatic hydroxyl groups excluding tert-OH is 1. The molecule has 0 bridgehead atoms. The van der Waals surface area contributed by atoms with Crippen molar-refractivity contribution in [3.05, 3.63) is 54.1 Å². The first-order valence-electron chi connectivity index (χ1n) is 7.46. The third-order valence-electron chi connectivity index (χ3n) is 4.23. The summed E-state index contributed by atoms with van der Waals surface area (Å²) in [7, 11) is 0. The molecule has 0 aliphatic carbocycles. The molecule has 1 N–H and O–H groups in total. The predicted octanol–water partition coefficient (Wildman–Crippen LogP) is 2.30. The lowest BCUT2D eigenvalue weighted by Crippen LogP contribution is -2.35. The van der Waals surface area contributed by atoms with Crippen molar-refractivity contribution in [2.75, 3.05) is 18.0 Å². The number of anilines is 1. The van der Waals surface area contributed by atoms with Crippen molar-refractivity contribution < 1.29 is 5.11 Å². The molecule has 112 valence electrons. The average Bonchev–Trinajstić information content (AvgIpc) is 2.62. The Hall–Kier alpha value is -2.45. The normalized spacial score (nSPS) is 17.0. The highest BCUT2D eigenvalue weighted by molar-refractivity contribution is 5.49. The monoisotopic (exact) mass is 294 g/mol. The third kappa shape index (κ3) is 3.07. The molecule has 3 heterocycles. The molecule has 0 spiro atoms. The molecule has 1 aliphatic heterocycles. The Kier molecular flexibility index (Phi) is 4.31. The zero-order valence-electron chi connectivity index (χ0n) is 12.3. The van der Waals surface area contributed by atoms with Crippen LogP contribution in [0, 0.1) is 17.2 Å². The molecular formula is C17H18N4O. The van der Waals surface area contributed by atoms with Gasteiger partial charge in [-0.3, -0.25) is 9.97 Å². The highest BCUT2D eigenvalue weighted by atomic mass is 16.3. The quantitative estimate of drug-likeness (QED) is 0.940. The third-order valence-corrected chi connectivity index (χ3v) is 4.23. The standard InChI is InChI=1S/C17H18N4O/c18-9-13-8-16(12-20-10-13)21-6-3-14(4-7-21)17(22)15-2-1-5-19-11-15/h1-2,5,8,10-12,14,17,22H,3-4,6-7H2/t17-/m0/s1. The van der Waals surface area contributed by atoms with Crippen LogP contribution in [0.15, 0.2) is 43.0 Å². The van der Waals surface area contributed by atoms with E-state index in [9.17, 15) is 5.11 Å². The van der Waals surface area contributed by atoms with Crippen LogP contribution in [0.5, 0.6) is 0 Å². The van der Waals surface area contributed by atoms with Gasteiger partial charge in [-0.05, 0) is 36.5 Å². The highest BCUT2D eigenvalue weighted by Crippen LogP contribution is 2.32. The molecule has 0 amide bonds. The lowest BCUT2D eigenvalue weighted by molar-refractivity contribution is 0.0926. The molecule has 2 aromatic heterocycles. The van der Waals surface area contributed by atoms with E-state index in [-0.39, 0.29) is 5.92 Å². The molecule has 5 nitrogen and oxygen atoms in total. The van der Waals surface area contributed by atoms with Crippen LogP contribution in [0.25, 0.3) is 0 Å². The van der Waals surface area contributed by atoms with Gasteiger partial charge in [0.05, 0.1) is 23.6 Å². The molecule has 1 saturated heterocycles. The number of hydrogen-bond acceptors (Lipinski definition) is 5. The maximum absolute atomic E-state index is 10.5. The number of rotatable bonds is 3. The summed E-state index contributed by atoms with van der Waals surface area (Å²) in [6.45, 7) is 1.72. The van der Waals surface area contributed by atoms with Gasteiger partial charge in [-0.15, -0.1) is 0 Å². The summed E-state index contributed by atoms with van der Waals surface area (Å²) < 4.78 is 0. The van der Waals surface area contributed by atoms with Crippen LogP contribution in [-0.2, 0) is 0 Å². The lowest BCUT2D eigenvalue weighted by Gasteiger charge is -2.35. The van der Waals surface area contributed by atoms with Gasteiger partial charge in [-0.25, -0.2) is 0 Å². The summed E-state index contributed by atoms with van der Waals surface area (Å²) in [5.41, 5.74) is 2.44. The Morgan fingerprint density at radius 1 is 1.23 bits per heavy atom. The molecule has 3 rings (SSSR count). The van der Waals surface area contributed by atoms with Gasteiger partial charge < -0.3 is 10.0 Å². The Morgan fingerprint density at radius 3 is 2.73 bits per heavy atom. The van der Waals surface area contributed by atoms with E-state index in [0.717, 1.165) is 37.2 Å². The first kappa shape index (κ1) is 14.5. The number of hydrogen-bond donors (Lipinski definition) is 1. The molecule has 22 heavy (non-hydrogen) atoms. The summed E-state index contributed by atoms with van der Waals surface area (Å²) in [6, 6.07) is 7.76. The lowest BCUT2D eigenvalue weighted by atomic mass is 9.88. The Labute approximate surface area is 129 Å². The molecule has 0 unspecified atom stereocenters. The van der Waals surface area contributed by atoms with E-state index in [0.29, 0.717) is 5.56 Å². The molecule has 1 atom stereocenters. The fraction of sp³-hybridized carbons (Fsp3) is 0.353. The Balaban J connectivity index is 1.64. The van der Waals surface area contributed by atoms with Crippen molar-refractivity contribution in [1.29, 1.82) is 5.26 Å². The van der Waals surface area contributed by atoms with Crippen molar-refractivity contribution in [3.63, 3.8) is 0 Å². The second kappa shape index (κ2) is 6.54. The van der Waals surface area contributed by atoms with Crippen molar-refractivity contribution in [3.8, 4) is 6.07 Å². The van der Waals surface area contributed by atoms with Crippen molar-refractivity contribution in [2.24, 2.45) is 5.92 Å². The van der Waals surface area contributed by atoms with Crippen molar-refractivity contribution in [2.45, 2.75) is 18.9 Å². The molecule has 1 fully saturated rings. The van der Waals surface area contributed by atoms with Gasteiger partial charge in [0.15, 0.2) is 0 Å². The first-order chi connectivity index (χ1) is 10.8. The van der Waals surface area contributed by atoms with Gasteiger partial charge in [0.1, 0.15) is 6.07 Å². The largest absolute Gasteiger partial charge is 0.388 e. The van der Waals surface area contributed by atoms with Gasteiger partial charge in [0.2, 0.25) is 0 Å². The molecule has 0 radical (unpaired) electrons. The molecule has 0 saturated carbocycles. The van der Waals surface area contributed by atoms with Crippen LogP contribution in [0.2, 0.25) is 0 Å². The van der Waals surface area contributed by atoms with E-state index >= 15 is 0 Å². The van der Waals surface area contributed by atoms with Crippen LogP contribution in [-0.4, -0.2) is 28.2 Å². The number of aromatic nitrogens is 2. The van der Waals surface area contributed by atoms with Gasteiger partial charge in [-0.1, -0.05) is 6.07 Å². The zero-order valence-corrected chi connectivity index (χ0v) is 12.3. The number of pyridine rings is 2. The van der Waals surface area contributed by atoms with Crippen LogP contribution in [0.3, 0.4) is 0 Å². The Morgan fingerprint density at radius 2 is 2.05 bits per heavy atom. The van der Waals surface area contributed by atoms with Crippen LogP contribution < -0.4 is 4.90 Å². The predicted molar refractivity (Wildman–Crippen MR) is 83.1 cm³/mol. The summed E-state index contributed by atoms with van der Waals surface area (Å²) in [5.74, 6) is 0.243. The van der Waals surface area contributed by atoms with Crippen LogP contribution in [0.4, 0.5) is 5.69 Å². The van der Waals surface area contributed by atoms with Gasteiger partial charge in [0, 0.05) is 31.7 Å². The smallest absolute Gasteiger partial charge is 0.101 e. The Bertz CT molecular complexity index is 660. The summed E-state index contributed by atoms with van der Waals surface area (Å²) in [5, 5.41) is 19.4. The fourth-order valence-corrected chi connectivity index (χ4v) is 2.96. The topological polar surface area (TPSA) is 73.0 Å². The van der Waals surface area contributed by atoms with Gasteiger partial charge in [0.25, 0.3) is 0 Å². The zero-order chi connectivity index (χ0) is 15.4. The highest BCUT2D eigenvalue weighted by Gasteiger charge is 2.26. The number of aliphatic hydroxyl groups is 1. The van der Waals surface area contributed by atoms with E-state index in [1.54, 1.807) is 24.8 Å². The molecule has 1 aliphatic rings. The van der Waals surface area contributed by atoms with Crippen molar-refractivity contribution >= 4 is 5.69 Å². The minimum atomic E-state index is -0.459. The molecule has 0 aromatic carbocycles. The maximum atomic E-state index is 10.5. The second-order valence-electron chi connectivity index (χ2n) is 5.60. The summed E-state index contributed by atoms with van der Waals surface area (Å²) >= 11 is 0. The van der Waals surface area contributed by atoms with E-state index in [2.05, 4.69) is 20.9 Å². The van der Waals surface area contributed by atoms with E-state index in [1.165, 1.54) is 0 Å². The first-order valence-corrected chi connectivity index (χ1v) is 7.46. The SMILES string of the molecule is N#Cc1cncc(N2CCC([C@H](O)c3cccnc3)CC2)c1. The maximum Gasteiger partial charge on any atom is 0.101 e. The van der Waals surface area contributed by atoms with Gasteiger partial charge >= 0.3 is 0 Å². The van der Waals surface area contributed by atoms with Gasteiger partial charge in [-0.2, -0.15) is 5.26 Å². The number of nitriles is 1.